The number of urea groups is 1. The summed E-state index contributed by atoms with van der Waals surface area (Å²) in [5.41, 5.74) is 1.77. The van der Waals surface area contributed by atoms with E-state index in [1.165, 1.54) is 4.90 Å². The van der Waals surface area contributed by atoms with Crippen molar-refractivity contribution in [2.75, 3.05) is 31.5 Å². The summed E-state index contributed by atoms with van der Waals surface area (Å²) in [6, 6.07) is 7.38. The molecule has 42 heavy (non-hydrogen) atoms. The lowest BCUT2D eigenvalue weighted by molar-refractivity contribution is -0.137. The highest BCUT2D eigenvalue weighted by atomic mass is 19.4. The average molecular weight is 592 g/mol. The molecule has 0 unspecified atom stereocenters. The number of hydrogen-bond donors (Lipinski definition) is 5. The number of rotatable bonds is 12. The highest BCUT2D eigenvalue weighted by Crippen LogP contribution is 2.32. The fourth-order valence-corrected chi connectivity index (χ4v) is 4.83. The summed E-state index contributed by atoms with van der Waals surface area (Å²) in [7, 11) is 0. The molecule has 0 saturated carbocycles. The molecular formula is C30H40F3N5O4. The number of benzene rings is 2. The molecule has 12 heteroatoms. The number of halogens is 3. The maximum absolute atomic E-state index is 13.4. The summed E-state index contributed by atoms with van der Waals surface area (Å²) in [5.74, 6) is -1.57. The maximum atomic E-state index is 13.4. The monoisotopic (exact) mass is 591 g/mol. The van der Waals surface area contributed by atoms with Crippen molar-refractivity contribution >= 4 is 23.5 Å². The third kappa shape index (κ3) is 9.45. The second-order valence-electron chi connectivity index (χ2n) is 10.7. The molecule has 0 aliphatic carbocycles. The Bertz CT molecular complexity index is 1250. The van der Waals surface area contributed by atoms with E-state index in [9.17, 15) is 32.7 Å². The molecule has 1 heterocycles. The smallest absolute Gasteiger partial charge is 0.391 e. The van der Waals surface area contributed by atoms with E-state index in [4.69, 9.17) is 0 Å². The zero-order chi connectivity index (χ0) is 30.9. The molecule has 230 valence electrons. The number of aliphatic hydroxyl groups excluding tert-OH is 1. The van der Waals surface area contributed by atoms with Gasteiger partial charge in [0.25, 0.3) is 5.91 Å². The number of hydrogen-bond acceptors (Lipinski definition) is 5. The van der Waals surface area contributed by atoms with E-state index in [2.05, 4.69) is 27.3 Å². The number of likely N-dealkylation sites (tertiary alicyclic amines) is 1. The van der Waals surface area contributed by atoms with Gasteiger partial charge in [0, 0.05) is 26.2 Å². The molecule has 0 spiro atoms. The van der Waals surface area contributed by atoms with Crippen molar-refractivity contribution in [2.24, 2.45) is 0 Å². The fraction of sp³-hybridized carbons (Fsp3) is 0.500. The molecule has 5 N–H and O–H groups in total. The Morgan fingerprint density at radius 2 is 1.76 bits per heavy atom. The van der Waals surface area contributed by atoms with Gasteiger partial charge >= 0.3 is 12.2 Å². The number of amides is 4. The van der Waals surface area contributed by atoms with Crippen LogP contribution in [-0.2, 0) is 17.5 Å². The van der Waals surface area contributed by atoms with Crippen LogP contribution in [0.25, 0.3) is 0 Å². The average Bonchev–Trinajstić information content (AvgIpc) is 3.47. The van der Waals surface area contributed by atoms with Crippen molar-refractivity contribution < 1.29 is 32.7 Å². The van der Waals surface area contributed by atoms with E-state index in [-0.39, 0.29) is 12.2 Å². The van der Waals surface area contributed by atoms with Crippen LogP contribution in [0, 0.1) is 13.8 Å². The first kappa shape index (κ1) is 32.9. The molecule has 0 bridgehead atoms. The maximum Gasteiger partial charge on any atom is 0.416 e. The van der Waals surface area contributed by atoms with Gasteiger partial charge in [-0.25, -0.2) is 4.79 Å². The summed E-state index contributed by atoms with van der Waals surface area (Å²) in [5, 5.41) is 21.5. The Balaban J connectivity index is 1.65. The first-order valence-corrected chi connectivity index (χ1v) is 14.2. The third-order valence-corrected chi connectivity index (χ3v) is 7.21. The predicted molar refractivity (Wildman–Crippen MR) is 154 cm³/mol. The summed E-state index contributed by atoms with van der Waals surface area (Å²) in [6.07, 6.45) is -2.81. The van der Waals surface area contributed by atoms with Crippen molar-refractivity contribution in [1.82, 2.24) is 20.9 Å². The number of carbonyl (C=O) groups excluding carboxylic acids is 3. The van der Waals surface area contributed by atoms with Gasteiger partial charge in [-0.2, -0.15) is 13.2 Å². The van der Waals surface area contributed by atoms with Crippen LogP contribution in [-0.4, -0.2) is 66.2 Å². The SMILES string of the molecule is CCC[C@H](O)[C@H](CNCc1ccc(C)cc1C)NC(=O)CNC(=O)c1cc(C(F)(F)F)ccc1NC(=O)N1CCCC1. The van der Waals surface area contributed by atoms with Crippen molar-refractivity contribution in [2.45, 2.75) is 71.3 Å². The Kier molecular flexibility index (Phi) is 11.7. The van der Waals surface area contributed by atoms with E-state index < -0.39 is 53.8 Å². The number of alkyl halides is 3. The molecule has 1 fully saturated rings. The topological polar surface area (TPSA) is 123 Å². The minimum Gasteiger partial charge on any atom is -0.391 e. The highest BCUT2D eigenvalue weighted by Gasteiger charge is 2.32. The Morgan fingerprint density at radius 3 is 2.40 bits per heavy atom. The number of nitrogens with one attached hydrogen (secondary N) is 4. The summed E-state index contributed by atoms with van der Waals surface area (Å²) in [6.45, 7) is 7.18. The van der Waals surface area contributed by atoms with Crippen molar-refractivity contribution in [3.05, 3.63) is 64.2 Å². The van der Waals surface area contributed by atoms with E-state index >= 15 is 0 Å². The van der Waals surface area contributed by atoms with Crippen LogP contribution >= 0.6 is 0 Å². The number of carbonyl (C=O) groups is 3. The van der Waals surface area contributed by atoms with Gasteiger partial charge in [-0.05, 0) is 62.4 Å². The molecule has 2 aromatic carbocycles. The molecule has 1 saturated heterocycles. The summed E-state index contributed by atoms with van der Waals surface area (Å²) in [4.78, 5) is 39.8. The van der Waals surface area contributed by atoms with Gasteiger partial charge in [0.15, 0.2) is 0 Å². The first-order chi connectivity index (χ1) is 19.9. The van der Waals surface area contributed by atoms with Gasteiger partial charge < -0.3 is 31.3 Å². The molecule has 3 rings (SSSR count). The zero-order valence-corrected chi connectivity index (χ0v) is 24.2. The third-order valence-electron chi connectivity index (χ3n) is 7.21. The quantitative estimate of drug-likeness (QED) is 0.254. The predicted octanol–water partition coefficient (Wildman–Crippen LogP) is 4.12. The second-order valence-corrected chi connectivity index (χ2v) is 10.7. The second kappa shape index (κ2) is 15.0. The van der Waals surface area contributed by atoms with Crippen molar-refractivity contribution in [3.8, 4) is 0 Å². The van der Waals surface area contributed by atoms with Crippen LogP contribution in [0.5, 0.6) is 0 Å². The summed E-state index contributed by atoms with van der Waals surface area (Å²) < 4.78 is 40.2. The molecular weight excluding hydrogens is 551 g/mol. The minimum absolute atomic E-state index is 0.0929. The van der Waals surface area contributed by atoms with E-state index in [1.807, 2.05) is 32.9 Å². The number of aliphatic hydroxyl groups is 1. The lowest BCUT2D eigenvalue weighted by Crippen LogP contribution is -2.51. The first-order valence-electron chi connectivity index (χ1n) is 14.2. The minimum atomic E-state index is -4.71. The van der Waals surface area contributed by atoms with Gasteiger partial charge in [-0.1, -0.05) is 37.1 Å². The number of aryl methyl sites for hydroxylation is 2. The van der Waals surface area contributed by atoms with Crippen LogP contribution in [0.2, 0.25) is 0 Å². The standard InChI is InChI=1S/C30H40F3N5O4/c1-4-7-26(39)25(17-34-16-21-9-8-19(2)14-20(21)3)36-27(40)18-35-28(41)23-15-22(30(31,32)33)10-11-24(23)37-29(42)38-12-5-6-13-38/h8-11,14-15,25-26,34,39H,4-7,12-13,16-18H2,1-3H3,(H,35,41)(H,36,40)(H,37,42)/t25-,26-/m0/s1. The lowest BCUT2D eigenvalue weighted by Gasteiger charge is -2.25. The van der Waals surface area contributed by atoms with Crippen molar-refractivity contribution in [1.29, 1.82) is 0 Å². The van der Waals surface area contributed by atoms with Crippen LogP contribution in [0.4, 0.5) is 23.7 Å². The van der Waals surface area contributed by atoms with E-state index in [1.54, 1.807) is 0 Å². The molecule has 2 aromatic rings. The molecule has 1 aliphatic rings. The Labute approximate surface area is 244 Å². The number of nitrogens with zero attached hydrogens (tertiary/aromatic N) is 1. The van der Waals surface area contributed by atoms with Gasteiger partial charge in [0.1, 0.15) is 0 Å². The molecule has 9 nitrogen and oxygen atoms in total. The van der Waals surface area contributed by atoms with E-state index in [0.29, 0.717) is 38.5 Å². The lowest BCUT2D eigenvalue weighted by atomic mass is 10.0. The van der Waals surface area contributed by atoms with Crippen LogP contribution in [0.3, 0.4) is 0 Å². The van der Waals surface area contributed by atoms with Crippen LogP contribution in [0.15, 0.2) is 36.4 Å². The normalized spacial score (nSPS) is 14.8. The summed E-state index contributed by atoms with van der Waals surface area (Å²) >= 11 is 0. The number of anilines is 1. The molecule has 0 radical (unpaired) electrons. The largest absolute Gasteiger partial charge is 0.416 e. The molecule has 2 atom stereocenters. The van der Waals surface area contributed by atoms with Crippen LogP contribution in [0.1, 0.15) is 65.2 Å². The molecule has 4 amide bonds. The van der Waals surface area contributed by atoms with Crippen molar-refractivity contribution in [3.63, 3.8) is 0 Å². The zero-order valence-electron chi connectivity index (χ0n) is 24.2. The van der Waals surface area contributed by atoms with Gasteiger partial charge in [-0.3, -0.25) is 9.59 Å². The molecule has 1 aliphatic heterocycles. The van der Waals surface area contributed by atoms with Gasteiger partial charge in [0.05, 0.1) is 35.5 Å². The Hall–Kier alpha value is -3.64. The van der Waals surface area contributed by atoms with Gasteiger partial charge in [0.2, 0.25) is 5.91 Å². The van der Waals surface area contributed by atoms with Crippen LogP contribution < -0.4 is 21.3 Å². The Morgan fingerprint density at radius 1 is 1.05 bits per heavy atom. The fourth-order valence-electron chi connectivity index (χ4n) is 4.83. The highest BCUT2D eigenvalue weighted by molar-refractivity contribution is 6.04. The van der Waals surface area contributed by atoms with E-state index in [0.717, 1.165) is 41.7 Å². The van der Waals surface area contributed by atoms with Gasteiger partial charge in [-0.15, -0.1) is 0 Å². The molecule has 0 aromatic heterocycles.